The predicted octanol–water partition coefficient (Wildman–Crippen LogP) is 3.66. The first-order chi connectivity index (χ1) is 11.5. The average Bonchev–Trinajstić information content (AvgIpc) is 2.59. The third-order valence-electron chi connectivity index (χ3n) is 3.47. The number of nitrogens with one attached hydrogen (secondary N) is 1. The van der Waals surface area contributed by atoms with Gasteiger partial charge in [-0.3, -0.25) is 9.52 Å². The van der Waals surface area contributed by atoms with E-state index in [4.69, 9.17) is 0 Å². The van der Waals surface area contributed by atoms with Gasteiger partial charge in [-0.1, -0.05) is 55.5 Å². The Kier molecular flexibility index (Phi) is 6.32. The zero-order chi connectivity index (χ0) is 17.4. The molecule has 0 atom stereocenters. The van der Waals surface area contributed by atoms with E-state index in [-0.39, 0.29) is 11.5 Å². The Morgan fingerprint density at radius 3 is 2.54 bits per heavy atom. The Morgan fingerprint density at radius 1 is 1.08 bits per heavy atom. The zero-order valence-electron chi connectivity index (χ0n) is 13.6. The van der Waals surface area contributed by atoms with Gasteiger partial charge in [0.2, 0.25) is 10.0 Å². The maximum Gasteiger partial charge on any atom is 0.233 e. The van der Waals surface area contributed by atoms with Crippen LogP contribution < -0.4 is 4.72 Å². The highest BCUT2D eigenvalue weighted by atomic mass is 32.2. The van der Waals surface area contributed by atoms with Crippen LogP contribution in [0.15, 0.2) is 60.7 Å². The number of rotatable bonds is 8. The van der Waals surface area contributed by atoms with E-state index in [1.165, 1.54) is 6.08 Å². The second kappa shape index (κ2) is 8.45. The predicted molar refractivity (Wildman–Crippen MR) is 98.3 cm³/mol. The lowest BCUT2D eigenvalue weighted by molar-refractivity contribution is -0.114. The van der Waals surface area contributed by atoms with E-state index in [1.54, 1.807) is 31.2 Å². The molecule has 24 heavy (non-hydrogen) atoms. The van der Waals surface area contributed by atoms with Gasteiger partial charge in [0, 0.05) is 12.1 Å². The summed E-state index contributed by atoms with van der Waals surface area (Å²) in [6.45, 7) is 1.80. The van der Waals surface area contributed by atoms with Crippen molar-refractivity contribution in [2.75, 3.05) is 10.5 Å². The highest BCUT2D eigenvalue weighted by molar-refractivity contribution is 7.92. The molecule has 0 aliphatic rings. The molecule has 0 amide bonds. The van der Waals surface area contributed by atoms with Crippen LogP contribution in [0.1, 0.15) is 24.5 Å². The maximum absolute atomic E-state index is 12.2. The first kappa shape index (κ1) is 17.9. The smallest absolute Gasteiger partial charge is 0.233 e. The first-order valence-corrected chi connectivity index (χ1v) is 9.49. The van der Waals surface area contributed by atoms with Gasteiger partial charge in [-0.15, -0.1) is 0 Å². The van der Waals surface area contributed by atoms with Crippen molar-refractivity contribution in [3.63, 3.8) is 0 Å². The van der Waals surface area contributed by atoms with Gasteiger partial charge in [0.05, 0.1) is 5.75 Å². The Labute approximate surface area is 143 Å². The summed E-state index contributed by atoms with van der Waals surface area (Å²) in [5.74, 6) is 0.0506. The SMILES string of the molecule is CCC(=O)/C=C/c1cccc(NS(=O)(=O)CCc2ccccc2)c1. The number of benzene rings is 2. The second-order valence-corrected chi connectivity index (χ2v) is 7.28. The van der Waals surface area contributed by atoms with E-state index in [0.717, 1.165) is 11.1 Å². The van der Waals surface area contributed by atoms with Crippen LogP contribution >= 0.6 is 0 Å². The molecular weight excluding hydrogens is 322 g/mol. The minimum absolute atomic E-state index is 0.0192. The minimum Gasteiger partial charge on any atom is -0.295 e. The molecule has 126 valence electrons. The van der Waals surface area contributed by atoms with Crippen LogP contribution in [0.3, 0.4) is 0 Å². The number of allylic oxidation sites excluding steroid dienone is 1. The van der Waals surface area contributed by atoms with Crippen LogP contribution in [0, 0.1) is 0 Å². The zero-order valence-corrected chi connectivity index (χ0v) is 14.4. The molecule has 2 aromatic carbocycles. The number of aryl methyl sites for hydroxylation is 1. The molecule has 0 spiro atoms. The Hall–Kier alpha value is -2.40. The number of hydrogen-bond acceptors (Lipinski definition) is 3. The van der Waals surface area contributed by atoms with Crippen LogP contribution in [0.4, 0.5) is 5.69 Å². The van der Waals surface area contributed by atoms with Gasteiger partial charge >= 0.3 is 0 Å². The van der Waals surface area contributed by atoms with Crippen molar-refractivity contribution in [1.82, 2.24) is 0 Å². The summed E-state index contributed by atoms with van der Waals surface area (Å²) in [6.07, 6.45) is 4.10. The van der Waals surface area contributed by atoms with Gasteiger partial charge in [-0.25, -0.2) is 8.42 Å². The van der Waals surface area contributed by atoms with E-state index < -0.39 is 10.0 Å². The van der Waals surface area contributed by atoms with Crippen molar-refractivity contribution in [2.45, 2.75) is 19.8 Å². The molecule has 2 rings (SSSR count). The molecule has 0 saturated heterocycles. The van der Waals surface area contributed by atoms with Crippen LogP contribution in [0.2, 0.25) is 0 Å². The van der Waals surface area contributed by atoms with E-state index in [2.05, 4.69) is 4.72 Å². The summed E-state index contributed by atoms with van der Waals surface area (Å²) in [4.78, 5) is 11.3. The highest BCUT2D eigenvalue weighted by Crippen LogP contribution is 2.14. The number of hydrogen-bond donors (Lipinski definition) is 1. The molecule has 0 aromatic heterocycles. The fourth-order valence-corrected chi connectivity index (χ4v) is 3.23. The quantitative estimate of drug-likeness (QED) is 0.744. The summed E-state index contributed by atoms with van der Waals surface area (Å²) in [5.41, 5.74) is 2.26. The molecule has 0 bridgehead atoms. The summed E-state index contributed by atoms with van der Waals surface area (Å²) >= 11 is 0. The molecule has 4 nitrogen and oxygen atoms in total. The van der Waals surface area contributed by atoms with Crippen molar-refractivity contribution in [2.24, 2.45) is 0 Å². The summed E-state index contributed by atoms with van der Waals surface area (Å²) in [5, 5.41) is 0. The monoisotopic (exact) mass is 343 g/mol. The first-order valence-electron chi connectivity index (χ1n) is 7.84. The summed E-state index contributed by atoms with van der Waals surface area (Å²) < 4.78 is 27.0. The Balaban J connectivity index is 2.01. The third kappa shape index (κ3) is 6.01. The number of anilines is 1. The number of ketones is 1. The molecule has 0 saturated carbocycles. The van der Waals surface area contributed by atoms with Gasteiger partial charge in [-0.05, 0) is 35.8 Å². The van der Waals surface area contributed by atoms with Crippen LogP contribution in [0.5, 0.6) is 0 Å². The van der Waals surface area contributed by atoms with Crippen molar-refractivity contribution < 1.29 is 13.2 Å². The highest BCUT2D eigenvalue weighted by Gasteiger charge is 2.10. The van der Waals surface area contributed by atoms with Gasteiger partial charge in [-0.2, -0.15) is 0 Å². The van der Waals surface area contributed by atoms with Gasteiger partial charge < -0.3 is 0 Å². The van der Waals surface area contributed by atoms with E-state index >= 15 is 0 Å². The minimum atomic E-state index is -3.43. The molecule has 2 aromatic rings. The number of sulfonamides is 1. The maximum atomic E-state index is 12.2. The lowest BCUT2D eigenvalue weighted by Crippen LogP contribution is -2.18. The van der Waals surface area contributed by atoms with Crippen LogP contribution in [0.25, 0.3) is 6.08 Å². The molecular formula is C19H21NO3S. The van der Waals surface area contributed by atoms with Crippen molar-refractivity contribution in [3.8, 4) is 0 Å². The molecule has 0 aliphatic carbocycles. The molecule has 0 heterocycles. The molecule has 1 N–H and O–H groups in total. The Bertz CT molecular complexity index is 812. The van der Waals surface area contributed by atoms with Crippen LogP contribution in [-0.4, -0.2) is 20.0 Å². The molecule has 0 unspecified atom stereocenters. The molecule has 5 heteroatoms. The van der Waals surface area contributed by atoms with Crippen molar-refractivity contribution in [3.05, 3.63) is 71.8 Å². The topological polar surface area (TPSA) is 63.2 Å². The average molecular weight is 343 g/mol. The van der Waals surface area contributed by atoms with Gasteiger partial charge in [0.1, 0.15) is 0 Å². The second-order valence-electron chi connectivity index (χ2n) is 5.44. The van der Waals surface area contributed by atoms with Gasteiger partial charge in [0.15, 0.2) is 5.78 Å². The lowest BCUT2D eigenvalue weighted by Gasteiger charge is -2.08. The van der Waals surface area contributed by atoms with E-state index in [1.807, 2.05) is 36.4 Å². The Morgan fingerprint density at radius 2 is 1.83 bits per heavy atom. The van der Waals surface area contributed by atoms with Crippen molar-refractivity contribution >= 4 is 27.6 Å². The number of carbonyl (C=O) groups is 1. The van der Waals surface area contributed by atoms with E-state index in [9.17, 15) is 13.2 Å². The molecule has 0 radical (unpaired) electrons. The molecule has 0 aliphatic heterocycles. The summed E-state index contributed by atoms with van der Waals surface area (Å²) in [6, 6.07) is 16.5. The lowest BCUT2D eigenvalue weighted by atomic mass is 10.1. The summed E-state index contributed by atoms with van der Waals surface area (Å²) in [7, 11) is -3.43. The standard InChI is InChI=1S/C19H21NO3S/c1-2-19(21)12-11-17-9-6-10-18(15-17)20-24(22,23)14-13-16-7-4-3-5-8-16/h3-12,15,20H,2,13-14H2,1H3/b12-11+. The van der Waals surface area contributed by atoms with E-state index in [0.29, 0.717) is 18.5 Å². The third-order valence-corrected chi connectivity index (χ3v) is 4.76. The fraction of sp³-hybridized carbons (Fsp3) is 0.211. The number of carbonyl (C=O) groups excluding carboxylic acids is 1. The van der Waals surface area contributed by atoms with Gasteiger partial charge in [0.25, 0.3) is 0 Å². The van der Waals surface area contributed by atoms with Crippen molar-refractivity contribution in [1.29, 1.82) is 0 Å². The van der Waals surface area contributed by atoms with Crippen LogP contribution in [-0.2, 0) is 21.2 Å². The normalized spacial score (nSPS) is 11.5. The fourth-order valence-electron chi connectivity index (χ4n) is 2.14. The largest absolute Gasteiger partial charge is 0.295 e. The molecule has 0 fully saturated rings.